The van der Waals surface area contributed by atoms with Crippen molar-refractivity contribution in [3.63, 3.8) is 0 Å². The van der Waals surface area contributed by atoms with Crippen molar-refractivity contribution in [3.05, 3.63) is 10.7 Å². The predicted molar refractivity (Wildman–Crippen MR) is 70.2 cm³/mol. The van der Waals surface area contributed by atoms with Gasteiger partial charge in [0.05, 0.1) is 12.2 Å². The van der Waals surface area contributed by atoms with Crippen molar-refractivity contribution < 1.29 is 13.2 Å². The van der Waals surface area contributed by atoms with Crippen LogP contribution in [-0.4, -0.2) is 31.4 Å². The highest BCUT2D eigenvalue weighted by atomic mass is 35.5. The number of thiazole rings is 1. The average Bonchev–Trinajstić information content (AvgIpc) is 2.63. The smallest absolute Gasteiger partial charge is 0.252 e. The average molecular weight is 312 g/mol. The van der Waals surface area contributed by atoms with E-state index in [1.54, 1.807) is 13.8 Å². The van der Waals surface area contributed by atoms with Gasteiger partial charge in [0.15, 0.2) is 8.68 Å². The van der Waals surface area contributed by atoms with E-state index in [2.05, 4.69) is 15.0 Å². The van der Waals surface area contributed by atoms with Gasteiger partial charge in [-0.3, -0.25) is 4.79 Å². The summed E-state index contributed by atoms with van der Waals surface area (Å²) < 4.78 is 26.1. The van der Waals surface area contributed by atoms with Crippen molar-refractivity contribution in [1.82, 2.24) is 15.0 Å². The lowest BCUT2D eigenvalue weighted by Crippen LogP contribution is -2.46. The van der Waals surface area contributed by atoms with E-state index in [9.17, 15) is 13.2 Å². The minimum atomic E-state index is -3.76. The quantitative estimate of drug-likeness (QED) is 0.848. The normalized spacial score (nSPS) is 13.6. The Kier molecular flexibility index (Phi) is 5.09. The first-order valence-corrected chi connectivity index (χ1v) is 7.84. The van der Waals surface area contributed by atoms with Crippen LogP contribution in [0.15, 0.2) is 10.4 Å². The number of sulfonamides is 1. The van der Waals surface area contributed by atoms with Crippen LogP contribution in [0.5, 0.6) is 0 Å². The van der Waals surface area contributed by atoms with Crippen LogP contribution in [0, 0.1) is 0 Å². The Hall–Kier alpha value is -0.700. The summed E-state index contributed by atoms with van der Waals surface area (Å²) in [5, 5.41) is 2.62. The molecule has 1 heterocycles. The second-order valence-corrected chi connectivity index (χ2v) is 7.49. The maximum atomic E-state index is 11.9. The molecule has 0 aliphatic heterocycles. The van der Waals surface area contributed by atoms with Crippen molar-refractivity contribution in [3.8, 4) is 0 Å². The first kappa shape index (κ1) is 15.4. The molecule has 0 saturated carbocycles. The number of nitrogens with zero attached hydrogens (tertiary/aromatic N) is 1. The van der Waals surface area contributed by atoms with Crippen molar-refractivity contribution in [1.29, 1.82) is 0 Å². The van der Waals surface area contributed by atoms with Gasteiger partial charge in [0, 0.05) is 6.04 Å². The lowest BCUT2D eigenvalue weighted by molar-refractivity contribution is -0.122. The van der Waals surface area contributed by atoms with Crippen LogP contribution >= 0.6 is 22.9 Å². The third-order valence-electron chi connectivity index (χ3n) is 1.88. The molecule has 0 saturated heterocycles. The molecule has 1 unspecified atom stereocenters. The fourth-order valence-corrected chi connectivity index (χ4v) is 3.63. The molecule has 0 aliphatic rings. The van der Waals surface area contributed by atoms with E-state index in [1.165, 1.54) is 6.92 Å². The van der Waals surface area contributed by atoms with Crippen molar-refractivity contribution in [2.24, 2.45) is 0 Å². The largest absolute Gasteiger partial charge is 0.353 e. The highest BCUT2D eigenvalue weighted by molar-refractivity contribution is 7.91. The first-order valence-electron chi connectivity index (χ1n) is 5.16. The summed E-state index contributed by atoms with van der Waals surface area (Å²) in [4.78, 5) is 15.2. The standard InChI is InChI=1S/C9H14ClN3O3S2/c1-5(2)12-8(14)6(3)13-18(15,16)7-4-11-9(10)17-7/h4-6,13H,1-3H3,(H,12,14). The van der Waals surface area contributed by atoms with Crippen LogP contribution in [0.4, 0.5) is 0 Å². The zero-order valence-corrected chi connectivity index (χ0v) is 12.5. The van der Waals surface area contributed by atoms with Gasteiger partial charge in [-0.1, -0.05) is 22.9 Å². The van der Waals surface area contributed by atoms with Gasteiger partial charge in [-0.05, 0) is 20.8 Å². The first-order chi connectivity index (χ1) is 8.22. The molecule has 1 rings (SSSR count). The molecule has 102 valence electrons. The highest BCUT2D eigenvalue weighted by Gasteiger charge is 2.24. The van der Waals surface area contributed by atoms with E-state index in [-0.39, 0.29) is 20.6 Å². The van der Waals surface area contributed by atoms with Gasteiger partial charge in [0.25, 0.3) is 10.0 Å². The lowest BCUT2D eigenvalue weighted by atomic mass is 10.3. The Morgan fingerprint density at radius 2 is 2.06 bits per heavy atom. The second kappa shape index (κ2) is 5.96. The highest BCUT2D eigenvalue weighted by Crippen LogP contribution is 2.22. The monoisotopic (exact) mass is 311 g/mol. The van der Waals surface area contributed by atoms with Crippen LogP contribution < -0.4 is 10.0 Å². The molecule has 9 heteroatoms. The summed E-state index contributed by atoms with van der Waals surface area (Å²) >= 11 is 6.40. The van der Waals surface area contributed by atoms with Crippen LogP contribution in [0.3, 0.4) is 0 Å². The number of amides is 1. The molecule has 0 spiro atoms. The van der Waals surface area contributed by atoms with E-state index in [0.29, 0.717) is 0 Å². The minimum Gasteiger partial charge on any atom is -0.353 e. The molecule has 0 fully saturated rings. The number of halogens is 1. The summed E-state index contributed by atoms with van der Waals surface area (Å²) in [6.45, 7) is 5.06. The maximum absolute atomic E-state index is 11.9. The molecule has 1 amide bonds. The molecule has 0 aliphatic carbocycles. The third kappa shape index (κ3) is 4.20. The molecule has 1 aromatic heterocycles. The Labute approximate surface area is 115 Å². The molecule has 18 heavy (non-hydrogen) atoms. The fourth-order valence-electron chi connectivity index (χ4n) is 1.12. The maximum Gasteiger partial charge on any atom is 0.252 e. The van der Waals surface area contributed by atoms with Gasteiger partial charge >= 0.3 is 0 Å². The van der Waals surface area contributed by atoms with Crippen LogP contribution in [-0.2, 0) is 14.8 Å². The summed E-state index contributed by atoms with van der Waals surface area (Å²) in [7, 11) is -3.76. The zero-order chi connectivity index (χ0) is 13.9. The third-order valence-corrected chi connectivity index (χ3v) is 4.99. The van der Waals surface area contributed by atoms with E-state index in [1.807, 2.05) is 0 Å². The van der Waals surface area contributed by atoms with Crippen molar-refractivity contribution in [2.75, 3.05) is 0 Å². The van der Waals surface area contributed by atoms with E-state index < -0.39 is 16.1 Å². The number of carbonyl (C=O) groups is 1. The second-order valence-electron chi connectivity index (χ2n) is 3.94. The number of hydrogen-bond acceptors (Lipinski definition) is 5. The summed E-state index contributed by atoms with van der Waals surface area (Å²) in [5.41, 5.74) is 0. The van der Waals surface area contributed by atoms with E-state index in [0.717, 1.165) is 17.5 Å². The van der Waals surface area contributed by atoms with Gasteiger partial charge in [-0.2, -0.15) is 4.72 Å². The molecule has 1 aromatic rings. The molecule has 2 N–H and O–H groups in total. The van der Waals surface area contributed by atoms with Gasteiger partial charge in [-0.15, -0.1) is 0 Å². The number of hydrogen-bond donors (Lipinski definition) is 2. The molecule has 0 bridgehead atoms. The van der Waals surface area contributed by atoms with Gasteiger partial charge in [0.1, 0.15) is 0 Å². The summed E-state index contributed by atoms with van der Waals surface area (Å²) in [5.74, 6) is -0.385. The SMILES string of the molecule is CC(C)NC(=O)C(C)NS(=O)(=O)c1cnc(Cl)s1. The predicted octanol–water partition coefficient (Wildman–Crippen LogP) is 0.988. The summed E-state index contributed by atoms with van der Waals surface area (Å²) in [6, 6.07) is -0.916. The molecule has 6 nitrogen and oxygen atoms in total. The number of rotatable bonds is 5. The molecule has 0 radical (unpaired) electrons. The van der Waals surface area contributed by atoms with Gasteiger partial charge in [-0.25, -0.2) is 13.4 Å². The zero-order valence-electron chi connectivity index (χ0n) is 10.1. The molecular weight excluding hydrogens is 298 g/mol. The topological polar surface area (TPSA) is 88.2 Å². The lowest BCUT2D eigenvalue weighted by Gasteiger charge is -2.15. The van der Waals surface area contributed by atoms with E-state index >= 15 is 0 Å². The number of carbonyl (C=O) groups excluding carboxylic acids is 1. The van der Waals surface area contributed by atoms with Crippen molar-refractivity contribution >= 4 is 38.9 Å². The molecule has 0 aromatic carbocycles. The van der Waals surface area contributed by atoms with Gasteiger partial charge in [0.2, 0.25) is 5.91 Å². The number of aromatic nitrogens is 1. The Morgan fingerprint density at radius 1 is 1.44 bits per heavy atom. The minimum absolute atomic E-state index is 0.0169. The Morgan fingerprint density at radius 3 is 2.50 bits per heavy atom. The van der Waals surface area contributed by atoms with Crippen molar-refractivity contribution in [2.45, 2.75) is 37.1 Å². The Bertz CT molecular complexity index is 527. The number of nitrogens with one attached hydrogen (secondary N) is 2. The molecule has 1 atom stereocenters. The summed E-state index contributed by atoms with van der Waals surface area (Å²) in [6.07, 6.45) is 1.16. The van der Waals surface area contributed by atoms with Gasteiger partial charge < -0.3 is 5.32 Å². The van der Waals surface area contributed by atoms with E-state index in [4.69, 9.17) is 11.6 Å². The molecular formula is C9H14ClN3O3S2. The van der Waals surface area contributed by atoms with Crippen LogP contribution in [0.2, 0.25) is 4.47 Å². The Balaban J connectivity index is 2.75. The fraction of sp³-hybridized carbons (Fsp3) is 0.556. The van der Waals surface area contributed by atoms with Crippen LogP contribution in [0.25, 0.3) is 0 Å². The van der Waals surface area contributed by atoms with Crippen LogP contribution in [0.1, 0.15) is 20.8 Å².